The second kappa shape index (κ2) is 12.6. The third-order valence-corrected chi connectivity index (χ3v) is 8.99. The normalized spacial score (nSPS) is 21.4. The summed E-state index contributed by atoms with van der Waals surface area (Å²) in [6.45, 7) is 9.74. The Morgan fingerprint density at radius 2 is 1.88 bits per heavy atom. The van der Waals surface area contributed by atoms with Crippen molar-refractivity contribution < 1.29 is 27.8 Å². The van der Waals surface area contributed by atoms with Gasteiger partial charge in [-0.3, -0.25) is 9.69 Å². The molecule has 0 N–H and O–H groups in total. The van der Waals surface area contributed by atoms with Crippen molar-refractivity contribution in [2.75, 3.05) is 26.7 Å². The Bertz CT molecular complexity index is 1320. The highest BCUT2D eigenvalue weighted by atomic mass is 19.1. The maximum atomic E-state index is 14.5. The SMILES string of the molecule is COc1cc(C(=O)N(C/C(C)=C/c2ccc(F)cc2F)CC2CCCN2C(C)C2CCCCC2)cc2c1OC(C)(C)O2. The molecule has 2 heterocycles. The Labute approximate surface area is 248 Å². The number of nitrogens with zero attached hydrogens (tertiary/aromatic N) is 2. The lowest BCUT2D eigenvalue weighted by molar-refractivity contribution is -0.0439. The first-order valence-corrected chi connectivity index (χ1v) is 15.3. The predicted octanol–water partition coefficient (Wildman–Crippen LogP) is 7.46. The summed E-state index contributed by atoms with van der Waals surface area (Å²) < 4.78 is 45.5. The Kier molecular flexibility index (Phi) is 9.11. The number of hydrogen-bond donors (Lipinski definition) is 0. The molecule has 2 unspecified atom stereocenters. The molecular formula is C34H44F2N2O4. The number of hydrogen-bond acceptors (Lipinski definition) is 5. The molecule has 2 aliphatic heterocycles. The lowest BCUT2D eigenvalue weighted by atomic mass is 9.83. The highest BCUT2D eigenvalue weighted by Crippen LogP contribution is 2.47. The number of methoxy groups -OCH3 is 1. The molecule has 1 amide bonds. The zero-order chi connectivity index (χ0) is 30.0. The zero-order valence-electron chi connectivity index (χ0n) is 25.6. The van der Waals surface area contributed by atoms with Crippen LogP contribution < -0.4 is 14.2 Å². The topological polar surface area (TPSA) is 51.2 Å². The first kappa shape index (κ1) is 30.3. The van der Waals surface area contributed by atoms with Crippen molar-refractivity contribution in [3.05, 3.63) is 58.7 Å². The van der Waals surface area contributed by atoms with Crippen LogP contribution in [0.1, 0.15) is 88.6 Å². The maximum Gasteiger partial charge on any atom is 0.254 e. The lowest BCUT2D eigenvalue weighted by Gasteiger charge is -2.39. The van der Waals surface area contributed by atoms with Crippen molar-refractivity contribution in [2.24, 2.45) is 5.92 Å². The van der Waals surface area contributed by atoms with Gasteiger partial charge in [0.2, 0.25) is 11.5 Å². The van der Waals surface area contributed by atoms with Crippen molar-refractivity contribution in [2.45, 2.75) is 90.5 Å². The molecule has 2 aromatic rings. The minimum atomic E-state index is -0.866. The van der Waals surface area contributed by atoms with Crippen LogP contribution in [-0.2, 0) is 0 Å². The summed E-state index contributed by atoms with van der Waals surface area (Å²) >= 11 is 0. The van der Waals surface area contributed by atoms with Gasteiger partial charge in [0.15, 0.2) is 11.5 Å². The minimum Gasteiger partial charge on any atom is -0.493 e. The molecule has 42 heavy (non-hydrogen) atoms. The Balaban J connectivity index is 1.43. The molecule has 0 bridgehead atoms. The van der Waals surface area contributed by atoms with Gasteiger partial charge in [0, 0.05) is 56.2 Å². The van der Waals surface area contributed by atoms with Crippen molar-refractivity contribution in [1.82, 2.24) is 9.80 Å². The van der Waals surface area contributed by atoms with Gasteiger partial charge in [0.25, 0.3) is 5.91 Å². The van der Waals surface area contributed by atoms with Crippen LogP contribution in [-0.4, -0.2) is 60.3 Å². The molecule has 2 aromatic carbocycles. The summed E-state index contributed by atoms with van der Waals surface area (Å²) in [5, 5.41) is 0. The van der Waals surface area contributed by atoms with Crippen molar-refractivity contribution in [3.63, 3.8) is 0 Å². The van der Waals surface area contributed by atoms with Gasteiger partial charge >= 0.3 is 0 Å². The molecule has 6 nitrogen and oxygen atoms in total. The molecule has 2 atom stereocenters. The fourth-order valence-electron chi connectivity index (χ4n) is 6.92. The predicted molar refractivity (Wildman–Crippen MR) is 160 cm³/mol. The van der Waals surface area contributed by atoms with Gasteiger partial charge in [-0.15, -0.1) is 0 Å². The highest BCUT2D eigenvalue weighted by Gasteiger charge is 2.37. The molecule has 0 radical (unpaired) electrons. The molecule has 2 fully saturated rings. The molecule has 5 rings (SSSR count). The van der Waals surface area contributed by atoms with E-state index in [4.69, 9.17) is 14.2 Å². The van der Waals surface area contributed by atoms with Gasteiger partial charge in [0.05, 0.1) is 7.11 Å². The summed E-state index contributed by atoms with van der Waals surface area (Å²) in [7, 11) is 1.55. The van der Waals surface area contributed by atoms with Crippen LogP contribution in [0.3, 0.4) is 0 Å². The summed E-state index contributed by atoms with van der Waals surface area (Å²) in [4.78, 5) is 18.7. The fraction of sp³-hybridized carbons (Fsp3) is 0.559. The van der Waals surface area contributed by atoms with E-state index in [0.29, 0.717) is 53.4 Å². The van der Waals surface area contributed by atoms with Crippen molar-refractivity contribution >= 4 is 12.0 Å². The number of amides is 1. The van der Waals surface area contributed by atoms with Crippen LogP contribution in [0, 0.1) is 17.6 Å². The number of rotatable bonds is 9. The quantitative estimate of drug-likeness (QED) is 0.307. The number of carbonyl (C=O) groups is 1. The molecular weight excluding hydrogens is 538 g/mol. The van der Waals surface area contributed by atoms with E-state index < -0.39 is 17.4 Å². The van der Waals surface area contributed by atoms with Gasteiger partial charge in [-0.1, -0.05) is 30.9 Å². The van der Waals surface area contributed by atoms with Crippen molar-refractivity contribution in [1.29, 1.82) is 0 Å². The van der Waals surface area contributed by atoms with Crippen LogP contribution >= 0.6 is 0 Å². The van der Waals surface area contributed by atoms with Gasteiger partial charge < -0.3 is 19.1 Å². The van der Waals surface area contributed by atoms with Gasteiger partial charge in [-0.2, -0.15) is 0 Å². The van der Waals surface area contributed by atoms with Gasteiger partial charge in [-0.05, 0) is 76.3 Å². The van der Waals surface area contributed by atoms with E-state index >= 15 is 0 Å². The van der Waals surface area contributed by atoms with Crippen LogP contribution in [0.5, 0.6) is 17.2 Å². The van der Waals surface area contributed by atoms with E-state index in [0.717, 1.165) is 31.0 Å². The molecule has 1 saturated heterocycles. The van der Waals surface area contributed by atoms with Crippen LogP contribution in [0.25, 0.3) is 6.08 Å². The Hall–Kier alpha value is -3.13. The number of fused-ring (bicyclic) bond motifs is 1. The average molecular weight is 583 g/mol. The van der Waals surface area contributed by atoms with Crippen molar-refractivity contribution in [3.8, 4) is 17.2 Å². The monoisotopic (exact) mass is 582 g/mol. The molecule has 228 valence electrons. The average Bonchev–Trinajstić information content (AvgIpc) is 3.55. The van der Waals surface area contributed by atoms with Crippen LogP contribution in [0.4, 0.5) is 8.78 Å². The first-order valence-electron chi connectivity index (χ1n) is 15.3. The number of carbonyl (C=O) groups excluding carboxylic acids is 1. The smallest absolute Gasteiger partial charge is 0.254 e. The molecule has 1 saturated carbocycles. The van der Waals surface area contributed by atoms with Gasteiger partial charge in [0.1, 0.15) is 11.6 Å². The second-order valence-electron chi connectivity index (χ2n) is 12.6. The van der Waals surface area contributed by atoms with E-state index in [1.807, 2.05) is 25.7 Å². The number of ether oxygens (including phenoxy) is 3. The fourth-order valence-corrected chi connectivity index (χ4v) is 6.92. The summed E-state index contributed by atoms with van der Waals surface area (Å²) in [6.07, 6.45) is 10.3. The van der Waals surface area contributed by atoms with E-state index in [1.165, 1.54) is 44.2 Å². The van der Waals surface area contributed by atoms with E-state index in [-0.39, 0.29) is 11.9 Å². The van der Waals surface area contributed by atoms with E-state index in [9.17, 15) is 13.6 Å². The summed E-state index contributed by atoms with van der Waals surface area (Å²) in [6, 6.07) is 7.67. The Morgan fingerprint density at radius 1 is 1.12 bits per heavy atom. The molecule has 8 heteroatoms. The third kappa shape index (κ3) is 6.74. The minimum absolute atomic E-state index is 0.158. The zero-order valence-corrected chi connectivity index (χ0v) is 25.6. The molecule has 0 spiro atoms. The largest absolute Gasteiger partial charge is 0.493 e. The van der Waals surface area contributed by atoms with Crippen LogP contribution in [0.2, 0.25) is 0 Å². The maximum absolute atomic E-state index is 14.5. The van der Waals surface area contributed by atoms with E-state index in [1.54, 1.807) is 25.3 Å². The third-order valence-electron chi connectivity index (χ3n) is 8.99. The molecule has 3 aliphatic rings. The highest BCUT2D eigenvalue weighted by molar-refractivity contribution is 5.96. The standard InChI is InChI=1S/C34H44F2N2O4/c1-22(16-25-13-14-27(35)19-29(25)36)20-37(21-28-12-9-15-38(28)23(2)24-10-7-6-8-11-24)33(39)26-17-30(40-5)32-31(18-26)41-34(3,4)42-32/h13-14,16-19,23-24,28H,6-12,15,20-21H2,1-5H3/b22-16+. The summed E-state index contributed by atoms with van der Waals surface area (Å²) in [5.41, 5.74) is 1.53. The lowest BCUT2D eigenvalue weighted by Crippen LogP contribution is -2.48. The number of halogens is 2. The molecule has 1 aliphatic carbocycles. The van der Waals surface area contributed by atoms with Crippen LogP contribution in [0.15, 0.2) is 35.9 Å². The first-order chi connectivity index (χ1) is 20.0. The van der Waals surface area contributed by atoms with E-state index in [2.05, 4.69) is 11.8 Å². The molecule has 0 aromatic heterocycles. The Morgan fingerprint density at radius 3 is 2.60 bits per heavy atom. The van der Waals surface area contributed by atoms with Gasteiger partial charge in [-0.25, -0.2) is 8.78 Å². The second-order valence-corrected chi connectivity index (χ2v) is 12.6. The number of likely N-dealkylation sites (tertiary alicyclic amines) is 1. The summed E-state index contributed by atoms with van der Waals surface area (Å²) in [5.74, 6) is -0.188. The number of benzene rings is 2.